The van der Waals surface area contributed by atoms with Crippen LogP contribution in [-0.2, 0) is 35.1 Å². The molecule has 324 valence electrons. The van der Waals surface area contributed by atoms with Gasteiger partial charge in [-0.25, -0.2) is 4.98 Å². The number of likely N-dealkylation sites (N-methyl/N-ethyl adjacent to an activating group) is 1. The molecular formula is C44H75N5O6S2. The van der Waals surface area contributed by atoms with Crippen LogP contribution in [0.1, 0.15) is 105 Å². The SMILES string of the molecule is CCC(C)C(C)C(CC(=O)N1CCCC1C(OC)C(C)C(=O)NC(Cc1ccccc1)c1nccs1)OC.CNC.CNC(C(=O)S[C@H](C(C)=O)C(C)C)C(C)C. The molecule has 2 heterocycles. The molecule has 2 amide bonds. The first-order valence-electron chi connectivity index (χ1n) is 20.6. The van der Waals surface area contributed by atoms with Crippen molar-refractivity contribution in [2.24, 2.45) is 29.6 Å². The van der Waals surface area contributed by atoms with Crippen molar-refractivity contribution >= 4 is 45.8 Å². The van der Waals surface area contributed by atoms with E-state index in [2.05, 4.69) is 53.8 Å². The van der Waals surface area contributed by atoms with Gasteiger partial charge in [-0.2, -0.15) is 0 Å². The van der Waals surface area contributed by atoms with Crippen molar-refractivity contribution in [3.8, 4) is 0 Å². The van der Waals surface area contributed by atoms with E-state index in [1.54, 1.807) is 34.4 Å². The van der Waals surface area contributed by atoms with E-state index in [9.17, 15) is 19.2 Å². The first kappa shape index (κ1) is 52.3. The van der Waals surface area contributed by atoms with Gasteiger partial charge in [-0.15, -0.1) is 11.3 Å². The molecule has 2 aromatic rings. The Morgan fingerprint density at radius 2 is 1.60 bits per heavy atom. The Hall–Kier alpha value is -2.68. The number of Topliss-reactive ketones (excluding diaryl/α,β-unsaturated/α-hetero) is 1. The average molecular weight is 834 g/mol. The number of carbonyl (C=O) groups excluding carboxylic acids is 4. The van der Waals surface area contributed by atoms with Crippen molar-refractivity contribution in [2.75, 3.05) is 41.9 Å². The highest BCUT2D eigenvalue weighted by molar-refractivity contribution is 8.14. The second-order valence-electron chi connectivity index (χ2n) is 15.9. The van der Waals surface area contributed by atoms with Crippen molar-refractivity contribution in [3.05, 3.63) is 52.5 Å². The number of hydrogen-bond acceptors (Lipinski definition) is 11. The highest BCUT2D eigenvalue weighted by Crippen LogP contribution is 2.30. The van der Waals surface area contributed by atoms with Gasteiger partial charge in [0.2, 0.25) is 16.9 Å². The largest absolute Gasteiger partial charge is 0.381 e. The number of amides is 2. The zero-order chi connectivity index (χ0) is 43.2. The molecule has 3 rings (SSSR count). The van der Waals surface area contributed by atoms with Gasteiger partial charge in [0.05, 0.1) is 47.9 Å². The van der Waals surface area contributed by atoms with Crippen LogP contribution in [0.4, 0.5) is 0 Å². The van der Waals surface area contributed by atoms with Gasteiger partial charge in [0, 0.05) is 32.3 Å². The molecule has 1 aliphatic heterocycles. The number of methoxy groups -OCH3 is 2. The second kappa shape index (κ2) is 27.9. The van der Waals surface area contributed by atoms with Crippen LogP contribution >= 0.6 is 23.1 Å². The Morgan fingerprint density at radius 1 is 0.965 bits per heavy atom. The fourth-order valence-electron chi connectivity index (χ4n) is 7.17. The van der Waals surface area contributed by atoms with Crippen LogP contribution < -0.4 is 16.0 Å². The Labute approximate surface area is 353 Å². The molecule has 1 aromatic heterocycles. The normalized spacial score (nSPS) is 18.2. The van der Waals surface area contributed by atoms with Crippen LogP contribution in [0.25, 0.3) is 0 Å². The summed E-state index contributed by atoms with van der Waals surface area (Å²) >= 11 is 2.71. The minimum atomic E-state index is -0.436. The molecule has 3 N–H and O–H groups in total. The van der Waals surface area contributed by atoms with Crippen molar-refractivity contribution in [3.63, 3.8) is 0 Å². The van der Waals surface area contributed by atoms with Crippen molar-refractivity contribution in [2.45, 2.75) is 130 Å². The van der Waals surface area contributed by atoms with Crippen molar-refractivity contribution in [1.82, 2.24) is 25.8 Å². The maximum absolute atomic E-state index is 13.6. The molecule has 0 bridgehead atoms. The molecular weight excluding hydrogens is 759 g/mol. The third-order valence-electron chi connectivity index (χ3n) is 10.8. The molecule has 0 aliphatic carbocycles. The standard InChI is InChI=1S/C30H45N3O4S.C12H23NO2S.C2H7N/c1-7-20(2)21(3)26(36-5)19-27(34)33-16-11-14-25(33)28(37-6)22(4)29(35)32-24(30-31-15-17-38-30)18-23-12-9-8-10-13-23;1-7(2)10(13-6)12(15)16-11(8(3)4)9(5)14;1-3-2/h8-10,12-13,15,17,20-22,24-26,28H,7,11,14,16,18-19H2,1-6H3,(H,32,35);7-8,10-11,13H,1-6H3;3H,1-2H3/t;10?,11-;/m.0./s1. The average Bonchev–Trinajstić information content (AvgIpc) is 3.90. The van der Waals surface area contributed by atoms with E-state index in [0.29, 0.717) is 25.3 Å². The van der Waals surface area contributed by atoms with Crippen molar-refractivity contribution in [1.29, 1.82) is 0 Å². The maximum atomic E-state index is 13.6. The summed E-state index contributed by atoms with van der Waals surface area (Å²) in [5, 5.41) is 11.6. The van der Waals surface area contributed by atoms with E-state index >= 15 is 0 Å². The smallest absolute Gasteiger partial charge is 0.226 e. The van der Waals surface area contributed by atoms with E-state index in [4.69, 9.17) is 9.47 Å². The Bertz CT molecular complexity index is 1430. The third-order valence-corrected chi connectivity index (χ3v) is 13.3. The van der Waals surface area contributed by atoms with E-state index in [1.807, 2.05) is 77.2 Å². The lowest BCUT2D eigenvalue weighted by molar-refractivity contribution is -0.142. The van der Waals surface area contributed by atoms with Gasteiger partial charge in [-0.05, 0) is 76.6 Å². The summed E-state index contributed by atoms with van der Waals surface area (Å²) in [6.07, 6.45) is 5.01. The molecule has 8 unspecified atom stereocenters. The van der Waals surface area contributed by atoms with Gasteiger partial charge in [-0.3, -0.25) is 19.2 Å². The summed E-state index contributed by atoms with van der Waals surface area (Å²) in [5.74, 6) is 0.813. The number of carbonyl (C=O) groups is 4. The highest BCUT2D eigenvalue weighted by Gasteiger charge is 2.41. The predicted octanol–water partition coefficient (Wildman–Crippen LogP) is 7.21. The highest BCUT2D eigenvalue weighted by atomic mass is 32.2. The molecule has 0 spiro atoms. The van der Waals surface area contributed by atoms with E-state index in [-0.39, 0.29) is 69.9 Å². The van der Waals surface area contributed by atoms with Crippen LogP contribution in [0.5, 0.6) is 0 Å². The molecule has 13 heteroatoms. The van der Waals surface area contributed by atoms with E-state index in [1.165, 1.54) is 23.1 Å². The van der Waals surface area contributed by atoms with Crippen LogP contribution in [-0.4, -0.2) is 104 Å². The summed E-state index contributed by atoms with van der Waals surface area (Å²) in [5.41, 5.74) is 1.14. The molecule has 0 radical (unpaired) electrons. The van der Waals surface area contributed by atoms with Crippen LogP contribution in [0.15, 0.2) is 41.9 Å². The summed E-state index contributed by atoms with van der Waals surface area (Å²) in [6, 6.07) is 9.57. The van der Waals surface area contributed by atoms with Crippen LogP contribution in [0.3, 0.4) is 0 Å². The zero-order valence-corrected chi connectivity index (χ0v) is 38.9. The summed E-state index contributed by atoms with van der Waals surface area (Å²) in [6.45, 7) is 18.6. The van der Waals surface area contributed by atoms with Gasteiger partial charge >= 0.3 is 0 Å². The lowest BCUT2D eigenvalue weighted by atomic mass is 9.87. The zero-order valence-electron chi connectivity index (χ0n) is 37.3. The monoisotopic (exact) mass is 834 g/mol. The molecule has 57 heavy (non-hydrogen) atoms. The Kier molecular flexibility index (Phi) is 25.6. The number of nitrogens with zero attached hydrogens (tertiary/aromatic N) is 2. The molecule has 1 aromatic carbocycles. The van der Waals surface area contributed by atoms with Crippen molar-refractivity contribution < 1.29 is 28.7 Å². The number of thioether (sulfide) groups is 1. The number of benzene rings is 1. The van der Waals surface area contributed by atoms with Crippen LogP contribution in [0, 0.1) is 29.6 Å². The first-order valence-corrected chi connectivity index (χ1v) is 22.3. The number of hydrogen-bond donors (Lipinski definition) is 3. The Morgan fingerprint density at radius 3 is 2.07 bits per heavy atom. The van der Waals surface area contributed by atoms with Crippen LogP contribution in [0.2, 0.25) is 0 Å². The minimum Gasteiger partial charge on any atom is -0.381 e. The number of aromatic nitrogens is 1. The third kappa shape index (κ3) is 17.2. The van der Waals surface area contributed by atoms with Gasteiger partial charge < -0.3 is 30.3 Å². The molecule has 1 aliphatic rings. The fraction of sp³-hybridized carbons (Fsp3) is 0.705. The van der Waals surface area contributed by atoms with Gasteiger partial charge in [0.25, 0.3) is 0 Å². The number of likely N-dealkylation sites (tertiary alicyclic amines) is 1. The number of ketones is 1. The molecule has 1 fully saturated rings. The molecule has 1 saturated heterocycles. The molecule has 9 atom stereocenters. The Balaban J connectivity index is 0.000000715. The minimum absolute atomic E-state index is 0.0615. The van der Waals surface area contributed by atoms with E-state index in [0.717, 1.165) is 29.8 Å². The fourth-order valence-corrected chi connectivity index (χ4v) is 9.08. The topological polar surface area (TPSA) is 139 Å². The summed E-state index contributed by atoms with van der Waals surface area (Å²) in [7, 11) is 8.86. The molecule has 0 saturated carbocycles. The number of thiazole rings is 1. The summed E-state index contributed by atoms with van der Waals surface area (Å²) < 4.78 is 11.7. The maximum Gasteiger partial charge on any atom is 0.226 e. The molecule has 11 nitrogen and oxygen atoms in total. The van der Waals surface area contributed by atoms with Gasteiger partial charge in [-0.1, -0.05) is 104 Å². The number of rotatable bonds is 20. The predicted molar refractivity (Wildman–Crippen MR) is 236 cm³/mol. The lowest BCUT2D eigenvalue weighted by Gasteiger charge is -2.35. The lowest BCUT2D eigenvalue weighted by Crippen LogP contribution is -2.50. The van der Waals surface area contributed by atoms with E-state index < -0.39 is 12.0 Å². The quantitative estimate of drug-likeness (QED) is 0.126. The number of ether oxygens (including phenoxy) is 2. The number of nitrogens with one attached hydrogen (secondary N) is 3. The first-order chi connectivity index (χ1) is 27.0. The van der Waals surface area contributed by atoms with Gasteiger partial charge in [0.15, 0.2) is 0 Å². The summed E-state index contributed by atoms with van der Waals surface area (Å²) in [4.78, 5) is 56.8. The van der Waals surface area contributed by atoms with Gasteiger partial charge in [0.1, 0.15) is 10.8 Å². The second-order valence-corrected chi connectivity index (χ2v) is 17.9.